The maximum absolute atomic E-state index is 12.9. The molecule has 0 bridgehead atoms. The molecule has 4 heterocycles. The molecule has 31 heavy (non-hydrogen) atoms. The Morgan fingerprint density at radius 2 is 1.94 bits per heavy atom. The van der Waals surface area contributed by atoms with E-state index in [2.05, 4.69) is 54.7 Å². The Morgan fingerprint density at radius 1 is 1.10 bits per heavy atom. The first-order valence-corrected chi connectivity index (χ1v) is 12.2. The quantitative estimate of drug-likeness (QED) is 0.638. The van der Waals surface area contributed by atoms with E-state index in [9.17, 15) is 4.79 Å². The van der Waals surface area contributed by atoms with Crippen molar-refractivity contribution < 1.29 is 4.79 Å². The zero-order valence-corrected chi connectivity index (χ0v) is 18.6. The molecule has 5 rings (SSSR count). The molecule has 0 aliphatic carbocycles. The summed E-state index contributed by atoms with van der Waals surface area (Å²) in [6.07, 6.45) is 6.16. The topological polar surface area (TPSA) is 61.4 Å². The zero-order valence-electron chi connectivity index (χ0n) is 17.8. The number of nitrogens with zero attached hydrogens (tertiary/aromatic N) is 4. The van der Waals surface area contributed by atoms with Crippen molar-refractivity contribution in [1.29, 1.82) is 0 Å². The third kappa shape index (κ3) is 4.43. The molecule has 0 saturated carbocycles. The van der Waals surface area contributed by atoms with E-state index in [-0.39, 0.29) is 11.8 Å². The van der Waals surface area contributed by atoms with Gasteiger partial charge < -0.3 is 15.1 Å². The number of carbonyl (C=O) groups is 1. The number of fused-ring (bicyclic) bond motifs is 1. The lowest BCUT2D eigenvalue weighted by Crippen LogP contribution is -2.45. The third-order valence-electron chi connectivity index (χ3n) is 6.45. The van der Waals surface area contributed by atoms with Crippen LogP contribution in [0.5, 0.6) is 0 Å². The molecule has 2 aliphatic rings. The summed E-state index contributed by atoms with van der Waals surface area (Å²) < 4.78 is 0. The Hall–Kier alpha value is -2.51. The average molecular weight is 436 g/mol. The highest BCUT2D eigenvalue weighted by atomic mass is 32.1. The zero-order chi connectivity index (χ0) is 21.0. The summed E-state index contributed by atoms with van der Waals surface area (Å²) >= 11 is 1.66. The Bertz CT molecular complexity index is 1030. The predicted octanol–water partition coefficient (Wildman–Crippen LogP) is 3.79. The standard InChI is InChI=1S/C24H29N5OS/c30-23(25-10-14-28-11-4-5-12-28)19-9-6-13-29(15-19)22-21-20(18-7-2-1-3-8-18)16-31-24(21)27-17-26-22/h1-3,7-8,16-17,19H,4-6,9-15H2,(H,25,30). The van der Waals surface area contributed by atoms with Gasteiger partial charge in [-0.3, -0.25) is 4.79 Å². The highest BCUT2D eigenvalue weighted by Crippen LogP contribution is 2.38. The van der Waals surface area contributed by atoms with Crippen LogP contribution < -0.4 is 10.2 Å². The molecule has 2 aliphatic heterocycles. The van der Waals surface area contributed by atoms with Crippen molar-refractivity contribution in [3.63, 3.8) is 0 Å². The van der Waals surface area contributed by atoms with Crippen LogP contribution in [0.25, 0.3) is 21.3 Å². The van der Waals surface area contributed by atoms with E-state index in [4.69, 9.17) is 0 Å². The number of aromatic nitrogens is 2. The first-order chi connectivity index (χ1) is 15.3. The fourth-order valence-corrected chi connectivity index (χ4v) is 5.71. The molecule has 3 aromatic rings. The molecule has 0 spiro atoms. The number of hydrogen-bond acceptors (Lipinski definition) is 6. The van der Waals surface area contributed by atoms with Gasteiger partial charge in [0.15, 0.2) is 0 Å². The Balaban J connectivity index is 1.32. The minimum atomic E-state index is 0.0103. The normalized spacial score (nSPS) is 19.7. The van der Waals surface area contributed by atoms with Crippen molar-refractivity contribution in [3.05, 3.63) is 42.0 Å². The van der Waals surface area contributed by atoms with E-state index < -0.39 is 0 Å². The number of amides is 1. The highest BCUT2D eigenvalue weighted by molar-refractivity contribution is 7.17. The van der Waals surface area contributed by atoms with Crippen LogP contribution in [0.15, 0.2) is 42.0 Å². The van der Waals surface area contributed by atoms with Gasteiger partial charge in [0, 0.05) is 37.1 Å². The van der Waals surface area contributed by atoms with Gasteiger partial charge in [-0.2, -0.15) is 0 Å². The molecular weight excluding hydrogens is 406 g/mol. The summed E-state index contributed by atoms with van der Waals surface area (Å²) in [5.41, 5.74) is 2.35. The van der Waals surface area contributed by atoms with Gasteiger partial charge in [0.2, 0.25) is 5.91 Å². The first-order valence-electron chi connectivity index (χ1n) is 11.3. The van der Waals surface area contributed by atoms with Gasteiger partial charge in [0.1, 0.15) is 17.0 Å². The second kappa shape index (κ2) is 9.32. The lowest BCUT2D eigenvalue weighted by atomic mass is 9.96. The van der Waals surface area contributed by atoms with E-state index in [1.807, 2.05) is 6.07 Å². The Kier molecular flexibility index (Phi) is 6.13. The van der Waals surface area contributed by atoms with Crippen molar-refractivity contribution in [2.45, 2.75) is 25.7 Å². The van der Waals surface area contributed by atoms with E-state index in [1.165, 1.54) is 37.1 Å². The van der Waals surface area contributed by atoms with Crippen LogP contribution in [0.1, 0.15) is 25.7 Å². The van der Waals surface area contributed by atoms with Crippen molar-refractivity contribution in [2.24, 2.45) is 5.92 Å². The van der Waals surface area contributed by atoms with Crippen molar-refractivity contribution in [3.8, 4) is 11.1 Å². The number of anilines is 1. The number of nitrogens with one attached hydrogen (secondary N) is 1. The summed E-state index contributed by atoms with van der Waals surface area (Å²) in [4.78, 5) is 27.8. The smallest absolute Gasteiger partial charge is 0.224 e. The number of thiophene rings is 1. The van der Waals surface area contributed by atoms with Gasteiger partial charge in [0.05, 0.1) is 11.3 Å². The largest absolute Gasteiger partial charge is 0.355 e. The minimum absolute atomic E-state index is 0.0103. The fraction of sp³-hybridized carbons (Fsp3) is 0.458. The molecule has 2 aromatic heterocycles. The summed E-state index contributed by atoms with van der Waals surface area (Å²) in [5.74, 6) is 1.15. The number of piperidine rings is 1. The highest BCUT2D eigenvalue weighted by Gasteiger charge is 2.28. The predicted molar refractivity (Wildman–Crippen MR) is 126 cm³/mol. The molecule has 1 N–H and O–H groups in total. The molecular formula is C24H29N5OS. The number of hydrogen-bond donors (Lipinski definition) is 1. The summed E-state index contributed by atoms with van der Waals surface area (Å²) in [6.45, 7) is 5.68. The maximum atomic E-state index is 12.9. The molecule has 6 nitrogen and oxygen atoms in total. The van der Waals surface area contributed by atoms with Crippen molar-refractivity contribution in [2.75, 3.05) is 44.2 Å². The monoisotopic (exact) mass is 435 g/mol. The number of likely N-dealkylation sites (tertiary alicyclic amines) is 1. The molecule has 1 aromatic carbocycles. The molecule has 162 valence electrons. The van der Waals surface area contributed by atoms with Crippen molar-refractivity contribution >= 4 is 33.3 Å². The third-order valence-corrected chi connectivity index (χ3v) is 7.34. The summed E-state index contributed by atoms with van der Waals surface area (Å²) in [5, 5.41) is 6.46. The van der Waals surface area contributed by atoms with E-state index in [0.717, 1.165) is 48.5 Å². The molecule has 2 saturated heterocycles. The average Bonchev–Trinajstić information content (AvgIpc) is 3.49. The number of carbonyl (C=O) groups excluding carboxylic acids is 1. The molecule has 7 heteroatoms. The second-order valence-electron chi connectivity index (χ2n) is 8.52. The van der Waals surface area contributed by atoms with Crippen LogP contribution >= 0.6 is 11.3 Å². The molecule has 1 atom stereocenters. The van der Waals surface area contributed by atoms with Crippen LogP contribution in [-0.4, -0.2) is 60.0 Å². The Morgan fingerprint density at radius 3 is 2.77 bits per heavy atom. The number of rotatable bonds is 6. The van der Waals surface area contributed by atoms with Crippen LogP contribution in [-0.2, 0) is 4.79 Å². The van der Waals surface area contributed by atoms with Crippen LogP contribution in [0.3, 0.4) is 0 Å². The fourth-order valence-electron chi connectivity index (χ4n) is 4.80. The van der Waals surface area contributed by atoms with Crippen LogP contribution in [0.2, 0.25) is 0 Å². The number of benzene rings is 1. The van der Waals surface area contributed by atoms with Gasteiger partial charge >= 0.3 is 0 Å². The Labute approximate surface area is 187 Å². The molecule has 0 radical (unpaired) electrons. The van der Waals surface area contributed by atoms with Crippen LogP contribution in [0.4, 0.5) is 5.82 Å². The molecule has 1 amide bonds. The molecule has 2 fully saturated rings. The van der Waals surface area contributed by atoms with E-state index in [0.29, 0.717) is 6.54 Å². The van der Waals surface area contributed by atoms with Gasteiger partial charge in [-0.1, -0.05) is 30.3 Å². The van der Waals surface area contributed by atoms with E-state index >= 15 is 0 Å². The van der Waals surface area contributed by atoms with Gasteiger partial charge in [-0.05, 0) is 44.3 Å². The van der Waals surface area contributed by atoms with Gasteiger partial charge in [-0.25, -0.2) is 9.97 Å². The minimum Gasteiger partial charge on any atom is -0.355 e. The lowest BCUT2D eigenvalue weighted by Gasteiger charge is -2.33. The van der Waals surface area contributed by atoms with Gasteiger partial charge in [0.25, 0.3) is 0 Å². The molecule has 1 unspecified atom stereocenters. The van der Waals surface area contributed by atoms with Crippen molar-refractivity contribution in [1.82, 2.24) is 20.2 Å². The van der Waals surface area contributed by atoms with Crippen LogP contribution in [0, 0.1) is 5.92 Å². The van der Waals surface area contributed by atoms with E-state index in [1.54, 1.807) is 17.7 Å². The summed E-state index contributed by atoms with van der Waals surface area (Å²) in [6, 6.07) is 10.4. The second-order valence-corrected chi connectivity index (χ2v) is 9.38. The summed E-state index contributed by atoms with van der Waals surface area (Å²) in [7, 11) is 0. The SMILES string of the molecule is O=C(NCCN1CCCC1)C1CCCN(c2ncnc3scc(-c4ccccc4)c23)C1. The van der Waals surface area contributed by atoms with Gasteiger partial charge in [-0.15, -0.1) is 11.3 Å². The first kappa shape index (κ1) is 20.4. The lowest BCUT2D eigenvalue weighted by molar-refractivity contribution is -0.125. The maximum Gasteiger partial charge on any atom is 0.224 e.